The van der Waals surface area contributed by atoms with Crippen LogP contribution in [0.1, 0.15) is 45.6 Å². The number of likely N-dealkylation sites (tertiary alicyclic amines) is 1. The van der Waals surface area contributed by atoms with Crippen LogP contribution in [0.15, 0.2) is 24.3 Å². The molecule has 1 aromatic carbocycles. The van der Waals surface area contributed by atoms with Gasteiger partial charge in [0.1, 0.15) is 5.75 Å². The molecule has 0 bridgehead atoms. The SMILES string of the molecule is COc1ccc(COCC(OC(=O)N2CCC3(CC2)C[C@@H](N(C)S(=O)(=O)C(C)(C)C)CO3)C(F)(F)F)cc1. The highest BCUT2D eigenvalue weighted by Gasteiger charge is 2.49. The van der Waals surface area contributed by atoms with Gasteiger partial charge in [-0.15, -0.1) is 0 Å². The van der Waals surface area contributed by atoms with Crippen LogP contribution in [-0.2, 0) is 30.8 Å². The first-order chi connectivity index (χ1) is 17.6. The third-order valence-corrected chi connectivity index (χ3v) is 9.70. The van der Waals surface area contributed by atoms with Crippen LogP contribution in [0, 0.1) is 0 Å². The average Bonchev–Trinajstić information content (AvgIpc) is 3.25. The van der Waals surface area contributed by atoms with E-state index in [1.807, 2.05) is 0 Å². The average molecular weight is 567 g/mol. The highest BCUT2D eigenvalue weighted by molar-refractivity contribution is 7.90. The number of hydrogen-bond donors (Lipinski definition) is 0. The van der Waals surface area contributed by atoms with Crippen molar-refractivity contribution in [2.75, 3.05) is 40.5 Å². The number of alkyl halides is 3. The van der Waals surface area contributed by atoms with Crippen molar-refractivity contribution in [3.8, 4) is 5.75 Å². The van der Waals surface area contributed by atoms with Crippen molar-refractivity contribution in [3.63, 3.8) is 0 Å². The molecule has 13 heteroatoms. The summed E-state index contributed by atoms with van der Waals surface area (Å²) in [6.45, 7) is 4.47. The number of carbonyl (C=O) groups is 1. The zero-order chi connectivity index (χ0) is 28.4. The summed E-state index contributed by atoms with van der Waals surface area (Å²) in [6, 6.07) is 6.32. The van der Waals surface area contributed by atoms with E-state index in [1.165, 1.54) is 23.4 Å². The molecule has 1 unspecified atom stereocenters. The van der Waals surface area contributed by atoms with E-state index in [0.717, 1.165) is 0 Å². The molecule has 1 aromatic rings. The first-order valence-corrected chi connectivity index (χ1v) is 13.9. The molecule has 2 aliphatic rings. The lowest BCUT2D eigenvalue weighted by Gasteiger charge is -2.39. The van der Waals surface area contributed by atoms with E-state index in [0.29, 0.717) is 30.6 Å². The van der Waals surface area contributed by atoms with E-state index in [4.69, 9.17) is 18.9 Å². The number of likely N-dealkylation sites (N-methyl/N-ethyl adjacent to an activating group) is 1. The van der Waals surface area contributed by atoms with Gasteiger partial charge < -0.3 is 23.8 Å². The topological polar surface area (TPSA) is 94.6 Å². The predicted molar refractivity (Wildman–Crippen MR) is 133 cm³/mol. The maximum atomic E-state index is 13.5. The Labute approximate surface area is 222 Å². The fourth-order valence-corrected chi connectivity index (χ4v) is 5.92. The summed E-state index contributed by atoms with van der Waals surface area (Å²) in [7, 11) is -0.508. The Bertz CT molecular complexity index is 1050. The standard InChI is InChI=1S/C25H37F3N2O7S/c1-23(2,3)38(32,33)29(4)19-14-24(36-16-19)10-12-30(13-11-24)22(31)37-21(25(26,27)28)17-35-15-18-6-8-20(34-5)9-7-18/h6-9,19,21H,10-17H2,1-5H3/t19-,21?/m1/s1. The van der Waals surface area contributed by atoms with Gasteiger partial charge >= 0.3 is 12.3 Å². The second-order valence-electron chi connectivity index (χ2n) is 10.7. The lowest BCUT2D eigenvalue weighted by Crippen LogP contribution is -2.50. The van der Waals surface area contributed by atoms with E-state index in [1.54, 1.807) is 45.0 Å². The fourth-order valence-electron chi connectivity index (χ4n) is 4.52. The van der Waals surface area contributed by atoms with Crippen LogP contribution in [0.3, 0.4) is 0 Å². The smallest absolute Gasteiger partial charge is 0.427 e. The number of ether oxygens (including phenoxy) is 4. The molecule has 3 rings (SSSR count). The van der Waals surface area contributed by atoms with Gasteiger partial charge in [0.2, 0.25) is 16.1 Å². The van der Waals surface area contributed by atoms with Crippen LogP contribution >= 0.6 is 0 Å². The number of rotatable bonds is 8. The highest BCUT2D eigenvalue weighted by atomic mass is 32.2. The second kappa shape index (κ2) is 11.6. The number of hydrogen-bond acceptors (Lipinski definition) is 7. The van der Waals surface area contributed by atoms with Gasteiger partial charge in [-0.25, -0.2) is 13.2 Å². The minimum atomic E-state index is -4.79. The van der Waals surface area contributed by atoms with Crippen molar-refractivity contribution in [2.45, 2.75) is 75.3 Å². The quantitative estimate of drug-likeness (QED) is 0.470. The van der Waals surface area contributed by atoms with E-state index in [9.17, 15) is 26.4 Å². The third kappa shape index (κ3) is 7.10. The van der Waals surface area contributed by atoms with Crippen molar-refractivity contribution >= 4 is 16.1 Å². The van der Waals surface area contributed by atoms with Crippen LogP contribution in [0.2, 0.25) is 0 Å². The van der Waals surface area contributed by atoms with Crippen LogP contribution in [0.25, 0.3) is 0 Å². The van der Waals surface area contributed by atoms with Crippen LogP contribution in [0.5, 0.6) is 5.75 Å². The highest BCUT2D eigenvalue weighted by Crippen LogP contribution is 2.39. The van der Waals surface area contributed by atoms with Crippen LogP contribution < -0.4 is 4.74 Å². The summed E-state index contributed by atoms with van der Waals surface area (Å²) < 4.78 is 87.7. The molecule has 1 spiro atoms. The lowest BCUT2D eigenvalue weighted by atomic mass is 9.87. The van der Waals surface area contributed by atoms with Crippen LogP contribution in [0.4, 0.5) is 18.0 Å². The minimum Gasteiger partial charge on any atom is -0.497 e. The number of piperidine rings is 1. The third-order valence-electron chi connectivity index (χ3n) is 7.09. The van der Waals surface area contributed by atoms with Crippen molar-refractivity contribution in [1.29, 1.82) is 0 Å². The molecule has 0 radical (unpaired) electrons. The number of halogens is 3. The summed E-state index contributed by atoms with van der Waals surface area (Å²) in [5.74, 6) is 0.611. The molecule has 0 aromatic heterocycles. The number of nitrogens with zero attached hydrogens (tertiary/aromatic N) is 2. The molecule has 0 saturated carbocycles. The molecule has 2 fully saturated rings. The number of methoxy groups -OCH3 is 1. The molecular formula is C25H37F3N2O7S. The Hall–Kier alpha value is -2.09. The zero-order valence-electron chi connectivity index (χ0n) is 22.4. The first kappa shape index (κ1) is 30.5. The molecule has 9 nitrogen and oxygen atoms in total. The molecular weight excluding hydrogens is 529 g/mol. The molecule has 216 valence electrons. The van der Waals surface area contributed by atoms with Gasteiger partial charge in [0, 0.05) is 20.1 Å². The molecule has 2 aliphatic heterocycles. The first-order valence-electron chi connectivity index (χ1n) is 12.4. The molecule has 2 atom stereocenters. The van der Waals surface area contributed by atoms with Gasteiger partial charge in [-0.05, 0) is 57.7 Å². The molecule has 38 heavy (non-hydrogen) atoms. The van der Waals surface area contributed by atoms with Crippen molar-refractivity contribution in [2.24, 2.45) is 0 Å². The van der Waals surface area contributed by atoms with Crippen molar-refractivity contribution < 1.29 is 45.3 Å². The summed E-state index contributed by atoms with van der Waals surface area (Å²) in [4.78, 5) is 13.8. The maximum absolute atomic E-state index is 13.5. The van der Waals surface area contributed by atoms with Gasteiger partial charge in [0.25, 0.3) is 0 Å². The van der Waals surface area contributed by atoms with Crippen molar-refractivity contribution in [3.05, 3.63) is 29.8 Å². The Morgan fingerprint density at radius 3 is 2.32 bits per heavy atom. The van der Waals surface area contributed by atoms with Gasteiger partial charge in [0.05, 0.1) is 43.3 Å². The van der Waals surface area contributed by atoms with E-state index in [2.05, 4.69) is 0 Å². The summed E-state index contributed by atoms with van der Waals surface area (Å²) in [5, 5.41) is 0. The normalized spacial score (nSPS) is 21.1. The Kier molecular flexibility index (Phi) is 9.27. The van der Waals surface area contributed by atoms with Crippen molar-refractivity contribution in [1.82, 2.24) is 9.21 Å². The predicted octanol–water partition coefficient (Wildman–Crippen LogP) is 3.96. The second-order valence-corrected chi connectivity index (χ2v) is 13.5. The van der Waals surface area contributed by atoms with E-state index >= 15 is 0 Å². The largest absolute Gasteiger partial charge is 0.497 e. The van der Waals surface area contributed by atoms with Gasteiger partial charge in [-0.2, -0.15) is 17.5 Å². The summed E-state index contributed by atoms with van der Waals surface area (Å²) in [5.41, 5.74) is 0.0174. The Morgan fingerprint density at radius 2 is 1.79 bits per heavy atom. The maximum Gasteiger partial charge on any atom is 0.427 e. The van der Waals surface area contributed by atoms with Gasteiger partial charge in [-0.1, -0.05) is 12.1 Å². The summed E-state index contributed by atoms with van der Waals surface area (Å²) >= 11 is 0. The number of benzene rings is 1. The Morgan fingerprint density at radius 1 is 1.18 bits per heavy atom. The lowest BCUT2D eigenvalue weighted by molar-refractivity contribution is -0.220. The van der Waals surface area contributed by atoms with Gasteiger partial charge in [0.15, 0.2) is 0 Å². The number of amides is 1. The molecule has 0 N–H and O–H groups in total. The van der Waals surface area contributed by atoms with Crippen LogP contribution in [-0.4, -0.2) is 92.8 Å². The van der Waals surface area contributed by atoms with E-state index in [-0.39, 0.29) is 32.3 Å². The van der Waals surface area contributed by atoms with Gasteiger partial charge in [-0.3, -0.25) is 0 Å². The molecule has 1 amide bonds. The van der Waals surface area contributed by atoms with E-state index < -0.39 is 45.4 Å². The Balaban J connectivity index is 1.51. The number of sulfonamides is 1. The zero-order valence-corrected chi connectivity index (χ0v) is 23.2. The summed E-state index contributed by atoms with van der Waals surface area (Å²) in [6.07, 6.45) is -7.09. The fraction of sp³-hybridized carbons (Fsp3) is 0.720. The molecule has 2 saturated heterocycles. The minimum absolute atomic E-state index is 0.0851. The monoisotopic (exact) mass is 566 g/mol. The molecule has 0 aliphatic carbocycles. The molecule has 2 heterocycles. The number of carbonyl (C=O) groups excluding carboxylic acids is 1.